The van der Waals surface area contributed by atoms with Crippen LogP contribution in [0.5, 0.6) is 0 Å². The van der Waals surface area contributed by atoms with Crippen LogP contribution in [-0.2, 0) is 6.42 Å². The minimum absolute atomic E-state index is 0.262. The van der Waals surface area contributed by atoms with E-state index in [-0.39, 0.29) is 24.0 Å². The maximum absolute atomic E-state index is 13.4. The number of hydrogen-bond acceptors (Lipinski definition) is 2. The van der Waals surface area contributed by atoms with Crippen molar-refractivity contribution in [3.63, 3.8) is 0 Å². The average molecular weight is 357 g/mol. The van der Waals surface area contributed by atoms with Gasteiger partial charge in [0.2, 0.25) is 0 Å². The van der Waals surface area contributed by atoms with Gasteiger partial charge in [-0.2, -0.15) is 0 Å². The predicted octanol–water partition coefficient (Wildman–Crippen LogP) is 2.80. The van der Waals surface area contributed by atoms with E-state index in [1.54, 1.807) is 19.1 Å². The summed E-state index contributed by atoms with van der Waals surface area (Å²) in [6.45, 7) is 2.78. The Labute approximate surface area is 153 Å². The molecule has 0 fully saturated rings. The number of carbonyl (C=O) groups is 2. The lowest BCUT2D eigenvalue weighted by molar-refractivity contribution is 0.0953. The summed E-state index contributed by atoms with van der Waals surface area (Å²) in [7, 11) is 0. The molecule has 0 unspecified atom stereocenters. The molecule has 0 atom stereocenters. The van der Waals surface area contributed by atoms with Crippen molar-refractivity contribution in [2.75, 3.05) is 19.6 Å². The summed E-state index contributed by atoms with van der Waals surface area (Å²) in [5, 5.41) is 8.09. The molecule has 0 heterocycles. The van der Waals surface area contributed by atoms with E-state index < -0.39 is 5.82 Å². The Balaban J connectivity index is 1.56. The van der Waals surface area contributed by atoms with E-state index in [9.17, 15) is 14.0 Å². The molecular weight excluding hydrogens is 333 g/mol. The third-order valence-corrected chi connectivity index (χ3v) is 3.90. The van der Waals surface area contributed by atoms with Crippen molar-refractivity contribution in [1.82, 2.24) is 16.0 Å². The topological polar surface area (TPSA) is 70.2 Å². The van der Waals surface area contributed by atoms with E-state index >= 15 is 0 Å². The van der Waals surface area contributed by atoms with Crippen molar-refractivity contribution < 1.29 is 14.0 Å². The smallest absolute Gasteiger partial charge is 0.314 e. The average Bonchev–Trinajstić information content (AvgIpc) is 2.65. The van der Waals surface area contributed by atoms with Gasteiger partial charge in [0, 0.05) is 25.2 Å². The van der Waals surface area contributed by atoms with Gasteiger partial charge < -0.3 is 16.0 Å². The Morgan fingerprint density at radius 1 is 0.923 bits per heavy atom. The Kier molecular flexibility index (Phi) is 7.61. The highest BCUT2D eigenvalue weighted by Crippen LogP contribution is 2.08. The number of benzene rings is 2. The van der Waals surface area contributed by atoms with Crippen LogP contribution in [0.15, 0.2) is 48.5 Å². The molecule has 0 aliphatic heterocycles. The fourth-order valence-electron chi connectivity index (χ4n) is 2.39. The normalized spacial score (nSPS) is 10.2. The molecule has 6 heteroatoms. The number of hydrogen-bond donors (Lipinski definition) is 3. The Morgan fingerprint density at radius 2 is 1.62 bits per heavy atom. The van der Waals surface area contributed by atoms with Crippen LogP contribution < -0.4 is 16.0 Å². The standard InChI is InChI=1S/C20H24FN3O2/c1-15-9-10-17(14-18(15)21)19(25)22-12-13-24-20(26)23-11-5-8-16-6-3-2-4-7-16/h2-4,6-7,9-10,14H,5,8,11-13H2,1H3,(H,22,25)(H2,23,24,26). The highest BCUT2D eigenvalue weighted by molar-refractivity contribution is 5.94. The van der Waals surface area contributed by atoms with Crippen molar-refractivity contribution in [2.24, 2.45) is 0 Å². The first kappa shape index (κ1) is 19.4. The number of rotatable bonds is 8. The molecule has 2 aromatic carbocycles. The number of aryl methyl sites for hydroxylation is 2. The monoisotopic (exact) mass is 357 g/mol. The molecule has 0 aliphatic rings. The van der Waals surface area contributed by atoms with Crippen LogP contribution in [0.2, 0.25) is 0 Å². The van der Waals surface area contributed by atoms with Gasteiger partial charge in [-0.1, -0.05) is 36.4 Å². The Hall–Kier alpha value is -2.89. The molecule has 0 spiro atoms. The lowest BCUT2D eigenvalue weighted by atomic mass is 10.1. The van der Waals surface area contributed by atoms with E-state index in [0.717, 1.165) is 12.8 Å². The van der Waals surface area contributed by atoms with Crippen molar-refractivity contribution in [2.45, 2.75) is 19.8 Å². The minimum Gasteiger partial charge on any atom is -0.350 e. The van der Waals surface area contributed by atoms with Gasteiger partial charge in [-0.25, -0.2) is 9.18 Å². The van der Waals surface area contributed by atoms with Gasteiger partial charge in [0.15, 0.2) is 0 Å². The number of carbonyl (C=O) groups excluding carboxylic acids is 2. The molecule has 138 valence electrons. The molecular formula is C20H24FN3O2. The molecule has 2 rings (SSSR count). The zero-order valence-corrected chi connectivity index (χ0v) is 14.8. The maximum Gasteiger partial charge on any atom is 0.314 e. The lowest BCUT2D eigenvalue weighted by Gasteiger charge is -2.09. The highest BCUT2D eigenvalue weighted by atomic mass is 19.1. The summed E-state index contributed by atoms with van der Waals surface area (Å²) in [5.74, 6) is -0.778. The van der Waals surface area contributed by atoms with E-state index in [1.165, 1.54) is 11.6 Å². The second-order valence-electron chi connectivity index (χ2n) is 5.99. The molecule has 0 saturated heterocycles. The molecule has 2 aromatic rings. The summed E-state index contributed by atoms with van der Waals surface area (Å²) in [4.78, 5) is 23.6. The molecule has 26 heavy (non-hydrogen) atoms. The minimum atomic E-state index is -0.411. The molecule has 5 nitrogen and oxygen atoms in total. The van der Waals surface area contributed by atoms with Crippen LogP contribution >= 0.6 is 0 Å². The molecule has 0 aromatic heterocycles. The summed E-state index contributed by atoms with van der Waals surface area (Å²) in [6.07, 6.45) is 1.76. The van der Waals surface area contributed by atoms with E-state index in [4.69, 9.17) is 0 Å². The molecule has 0 saturated carbocycles. The van der Waals surface area contributed by atoms with Crippen LogP contribution in [-0.4, -0.2) is 31.6 Å². The number of amides is 3. The molecule has 0 bridgehead atoms. The summed E-state index contributed by atoms with van der Waals surface area (Å²) >= 11 is 0. The van der Waals surface area contributed by atoms with Gasteiger partial charge in [-0.15, -0.1) is 0 Å². The van der Waals surface area contributed by atoms with Gasteiger partial charge in [0.25, 0.3) is 5.91 Å². The second-order valence-corrected chi connectivity index (χ2v) is 5.99. The van der Waals surface area contributed by atoms with Gasteiger partial charge in [-0.05, 0) is 43.0 Å². The molecule has 0 radical (unpaired) electrons. The molecule has 0 aliphatic carbocycles. The van der Waals surface area contributed by atoms with E-state index in [1.807, 2.05) is 18.2 Å². The maximum atomic E-state index is 13.4. The molecule has 3 amide bonds. The first-order chi connectivity index (χ1) is 12.6. The number of nitrogens with one attached hydrogen (secondary N) is 3. The summed E-state index contributed by atoms with van der Waals surface area (Å²) in [6, 6.07) is 14.1. The van der Waals surface area contributed by atoms with Crippen LogP contribution in [0, 0.1) is 12.7 Å². The zero-order valence-electron chi connectivity index (χ0n) is 14.8. The first-order valence-corrected chi connectivity index (χ1v) is 8.66. The zero-order chi connectivity index (χ0) is 18.8. The van der Waals surface area contributed by atoms with Crippen molar-refractivity contribution in [1.29, 1.82) is 0 Å². The summed E-state index contributed by atoms with van der Waals surface area (Å²) < 4.78 is 13.4. The number of urea groups is 1. The SMILES string of the molecule is Cc1ccc(C(=O)NCCNC(=O)NCCCc2ccccc2)cc1F. The van der Waals surface area contributed by atoms with E-state index in [0.29, 0.717) is 18.7 Å². The largest absolute Gasteiger partial charge is 0.350 e. The van der Waals surface area contributed by atoms with Gasteiger partial charge in [0.1, 0.15) is 5.82 Å². The highest BCUT2D eigenvalue weighted by Gasteiger charge is 2.07. The predicted molar refractivity (Wildman–Crippen MR) is 99.6 cm³/mol. The van der Waals surface area contributed by atoms with Gasteiger partial charge >= 0.3 is 6.03 Å². The van der Waals surface area contributed by atoms with Gasteiger partial charge in [-0.3, -0.25) is 4.79 Å². The third-order valence-electron chi connectivity index (χ3n) is 3.90. The van der Waals surface area contributed by atoms with Crippen molar-refractivity contribution >= 4 is 11.9 Å². The Bertz CT molecular complexity index is 735. The fraction of sp³-hybridized carbons (Fsp3) is 0.300. The second kappa shape index (κ2) is 10.2. The van der Waals surface area contributed by atoms with E-state index in [2.05, 4.69) is 28.1 Å². The lowest BCUT2D eigenvalue weighted by Crippen LogP contribution is -2.40. The third kappa shape index (κ3) is 6.55. The fourth-order valence-corrected chi connectivity index (χ4v) is 2.39. The Morgan fingerprint density at radius 3 is 2.35 bits per heavy atom. The first-order valence-electron chi connectivity index (χ1n) is 8.66. The van der Waals surface area contributed by atoms with Crippen LogP contribution in [0.3, 0.4) is 0 Å². The van der Waals surface area contributed by atoms with Crippen molar-refractivity contribution in [3.8, 4) is 0 Å². The van der Waals surface area contributed by atoms with Crippen LogP contribution in [0.1, 0.15) is 27.9 Å². The number of halogens is 1. The van der Waals surface area contributed by atoms with Crippen molar-refractivity contribution in [3.05, 3.63) is 71.0 Å². The van der Waals surface area contributed by atoms with Crippen LogP contribution in [0.4, 0.5) is 9.18 Å². The summed E-state index contributed by atoms with van der Waals surface area (Å²) in [5.41, 5.74) is 2.00. The van der Waals surface area contributed by atoms with Gasteiger partial charge in [0.05, 0.1) is 0 Å². The van der Waals surface area contributed by atoms with Crippen LogP contribution in [0.25, 0.3) is 0 Å². The molecule has 3 N–H and O–H groups in total. The quantitative estimate of drug-likeness (QED) is 0.636.